The lowest BCUT2D eigenvalue weighted by molar-refractivity contribution is -0.152. The van der Waals surface area contributed by atoms with Crippen molar-refractivity contribution in [2.75, 3.05) is 78.5 Å². The van der Waals surface area contributed by atoms with Crippen molar-refractivity contribution in [1.29, 1.82) is 0 Å². The third-order valence-corrected chi connectivity index (χ3v) is 14.0. The fourth-order valence-corrected chi connectivity index (χ4v) is 9.89. The van der Waals surface area contributed by atoms with Crippen LogP contribution in [0, 0.1) is 0 Å². The van der Waals surface area contributed by atoms with Crippen LogP contribution in [0.4, 0.5) is 0 Å². The van der Waals surface area contributed by atoms with Gasteiger partial charge in [0.25, 0.3) is 0 Å². The molecule has 15 nitrogen and oxygen atoms in total. The molecule has 1 unspecified atom stereocenters. The molecule has 0 aliphatic carbocycles. The van der Waals surface area contributed by atoms with Crippen LogP contribution in [0.3, 0.4) is 0 Å². The molecule has 7 rings (SSSR count). The largest absolute Gasteiger partial charge is 0.332 e. The van der Waals surface area contributed by atoms with E-state index in [1.807, 2.05) is 148 Å². The zero-order valence-corrected chi connectivity index (χ0v) is 41.8. The summed E-state index contributed by atoms with van der Waals surface area (Å²) >= 11 is 0. The smallest absolute Gasteiger partial charge is 0.243 e. The van der Waals surface area contributed by atoms with Crippen LogP contribution in [0.5, 0.6) is 0 Å². The zero-order chi connectivity index (χ0) is 51.3. The second-order valence-corrected chi connectivity index (χ2v) is 18.7. The average Bonchev–Trinajstić information content (AvgIpc) is 3.40. The summed E-state index contributed by atoms with van der Waals surface area (Å²) in [5, 5.41) is 5.49. The van der Waals surface area contributed by atoms with Crippen LogP contribution in [0.25, 0.3) is 32.3 Å². The first-order valence-corrected chi connectivity index (χ1v) is 25.1. The maximum Gasteiger partial charge on any atom is 0.243 e. The van der Waals surface area contributed by atoms with Gasteiger partial charge in [-0.3, -0.25) is 28.8 Å². The lowest BCUT2D eigenvalue weighted by atomic mass is 9.98. The fraction of sp³-hybridized carbons (Fsp3) is 0.368. The number of hydrogen-bond acceptors (Lipinski definition) is 9. The molecule has 0 bridgehead atoms. The number of fused-ring (bicyclic) bond motifs is 3. The summed E-state index contributed by atoms with van der Waals surface area (Å²) in [7, 11) is 0. The minimum Gasteiger partial charge on any atom is -0.332 e. The lowest BCUT2D eigenvalue weighted by Crippen LogP contribution is -2.54. The molecule has 1 heterocycles. The van der Waals surface area contributed by atoms with Crippen molar-refractivity contribution in [3.63, 3.8) is 0 Å². The highest BCUT2D eigenvalue weighted by molar-refractivity contribution is 5.96. The molecule has 1 saturated heterocycles. The van der Waals surface area contributed by atoms with Crippen LogP contribution < -0.4 is 17.2 Å². The Balaban J connectivity index is 1.37. The van der Waals surface area contributed by atoms with Crippen LogP contribution in [0.2, 0.25) is 0 Å². The Bertz CT molecular complexity index is 2570. The highest BCUT2D eigenvalue weighted by Gasteiger charge is 2.36. The van der Waals surface area contributed by atoms with E-state index in [1.165, 1.54) is 29.4 Å². The van der Waals surface area contributed by atoms with E-state index < -0.39 is 92.8 Å². The summed E-state index contributed by atoms with van der Waals surface area (Å²) in [5.74, 6) is -3.05. The molecule has 6 N–H and O–H groups in total. The fourth-order valence-electron chi connectivity index (χ4n) is 9.89. The van der Waals surface area contributed by atoms with E-state index in [1.54, 1.807) is 0 Å². The molecule has 378 valence electrons. The highest BCUT2D eigenvalue weighted by Crippen LogP contribution is 2.32. The number of nitrogens with two attached hydrogens (primary N) is 3. The van der Waals surface area contributed by atoms with Crippen LogP contribution in [-0.2, 0) is 28.8 Å². The molecule has 6 aromatic carbocycles. The maximum absolute atomic E-state index is 15.1. The van der Waals surface area contributed by atoms with Gasteiger partial charge in [-0.2, -0.15) is 0 Å². The van der Waals surface area contributed by atoms with E-state index in [2.05, 4.69) is 0 Å². The van der Waals surface area contributed by atoms with Crippen LogP contribution >= 0.6 is 0 Å². The highest BCUT2D eigenvalue weighted by atomic mass is 16.2. The number of carbonyl (C=O) groups is 6. The molecule has 3 atom stereocenters. The quantitative estimate of drug-likeness (QED) is 0.115. The van der Waals surface area contributed by atoms with Crippen molar-refractivity contribution in [2.45, 2.75) is 58.2 Å². The van der Waals surface area contributed by atoms with E-state index >= 15 is 14.4 Å². The molecule has 0 saturated carbocycles. The number of nitrogens with zero attached hydrogens (tertiary/aromatic N) is 6. The Labute approximate surface area is 422 Å². The third-order valence-electron chi connectivity index (χ3n) is 14.0. The van der Waals surface area contributed by atoms with Crippen molar-refractivity contribution >= 4 is 67.8 Å². The first kappa shape index (κ1) is 52.6. The SMILES string of the molecule is CC(c1cccc2ccccc12)N1CC(=O)N(CCCN)CC(=O)N([C@@H](C)c2cccc3ccccc23)CC(=O)N(CCCN)CC(=O)N([C@@H](C)c2cccc3ccccc23)CC(=O)N(CCCN)CC1=O. The van der Waals surface area contributed by atoms with Crippen LogP contribution in [0.1, 0.15) is 74.8 Å². The molecule has 0 aromatic heterocycles. The Morgan fingerprint density at radius 2 is 0.597 bits per heavy atom. The van der Waals surface area contributed by atoms with Crippen molar-refractivity contribution in [1.82, 2.24) is 29.4 Å². The van der Waals surface area contributed by atoms with Gasteiger partial charge in [0.2, 0.25) is 35.4 Å². The summed E-state index contributed by atoms with van der Waals surface area (Å²) in [5.41, 5.74) is 20.4. The predicted molar refractivity (Wildman–Crippen MR) is 283 cm³/mol. The third kappa shape index (κ3) is 12.3. The predicted octanol–water partition coefficient (Wildman–Crippen LogP) is 5.76. The van der Waals surface area contributed by atoms with Gasteiger partial charge >= 0.3 is 0 Å². The molecule has 1 aliphatic rings. The number of benzene rings is 6. The van der Waals surface area contributed by atoms with Crippen LogP contribution in [-0.4, -0.2) is 143 Å². The number of carbonyl (C=O) groups excluding carboxylic acids is 6. The summed E-state index contributed by atoms with van der Waals surface area (Å²) in [6, 6.07) is 38.7. The molecule has 6 amide bonds. The number of hydrogen-bond donors (Lipinski definition) is 3. The first-order valence-electron chi connectivity index (χ1n) is 25.1. The van der Waals surface area contributed by atoms with E-state index in [9.17, 15) is 14.4 Å². The molecule has 15 heteroatoms. The number of amides is 6. The van der Waals surface area contributed by atoms with Gasteiger partial charge in [0.15, 0.2) is 0 Å². The second kappa shape index (κ2) is 24.8. The van der Waals surface area contributed by atoms with Gasteiger partial charge in [0, 0.05) is 19.6 Å². The van der Waals surface area contributed by atoms with Crippen molar-refractivity contribution in [3.8, 4) is 0 Å². The van der Waals surface area contributed by atoms with E-state index in [0.717, 1.165) is 49.0 Å². The van der Waals surface area contributed by atoms with E-state index in [4.69, 9.17) is 17.2 Å². The summed E-state index contributed by atoms with van der Waals surface area (Å²) in [6.45, 7) is 3.92. The van der Waals surface area contributed by atoms with Crippen molar-refractivity contribution in [2.24, 2.45) is 17.2 Å². The summed E-state index contributed by atoms with van der Waals surface area (Å²) in [6.07, 6.45) is 1.06. The van der Waals surface area contributed by atoms with Crippen LogP contribution in [0.15, 0.2) is 127 Å². The second-order valence-electron chi connectivity index (χ2n) is 18.7. The van der Waals surface area contributed by atoms with Gasteiger partial charge in [-0.1, -0.05) is 127 Å². The van der Waals surface area contributed by atoms with E-state index in [-0.39, 0.29) is 39.3 Å². The van der Waals surface area contributed by atoms with Gasteiger partial charge in [0.05, 0.1) is 37.8 Å². The number of rotatable bonds is 15. The Morgan fingerprint density at radius 1 is 0.347 bits per heavy atom. The lowest BCUT2D eigenvalue weighted by Gasteiger charge is -2.37. The summed E-state index contributed by atoms with van der Waals surface area (Å²) < 4.78 is 0. The van der Waals surface area contributed by atoms with Gasteiger partial charge in [-0.15, -0.1) is 0 Å². The molecular formula is C57H69N9O6. The molecule has 0 radical (unpaired) electrons. The topological polar surface area (TPSA) is 200 Å². The van der Waals surface area contributed by atoms with E-state index in [0.29, 0.717) is 19.3 Å². The molecule has 0 spiro atoms. The first-order chi connectivity index (χ1) is 34.8. The Hall–Kier alpha value is -7.20. The zero-order valence-electron chi connectivity index (χ0n) is 41.8. The normalized spacial score (nSPS) is 16.8. The van der Waals surface area contributed by atoms with Crippen molar-refractivity contribution < 1.29 is 28.8 Å². The Kier molecular flexibility index (Phi) is 18.1. The van der Waals surface area contributed by atoms with Gasteiger partial charge in [-0.05, 0) is 109 Å². The molecule has 1 fully saturated rings. The standard InChI is InChI=1S/C57H69N9O6/c1-40(46-25-10-19-43-16-4-7-22-49(43)46)64-37-52(67)62(32-14-29-59)35-56(71)66(42(3)48-27-12-21-45-18-6-9-24-51(45)48)39-54(69)63(33-15-30-60)36-57(72)65(38-53(68)61(31-13-28-58)34-55(64)70)41(2)47-26-11-20-44-17-5-8-23-50(44)47/h4-12,16-27,40-42H,13-15,28-39,58-60H2,1-3H3/t40-,41-,42?/m0/s1. The van der Waals surface area contributed by atoms with Gasteiger partial charge in [-0.25, -0.2) is 0 Å². The monoisotopic (exact) mass is 976 g/mol. The van der Waals surface area contributed by atoms with Crippen molar-refractivity contribution in [3.05, 3.63) is 144 Å². The molecule has 1 aliphatic heterocycles. The minimum absolute atomic E-state index is 0.0964. The molecular weight excluding hydrogens is 907 g/mol. The minimum atomic E-state index is -0.680. The summed E-state index contributed by atoms with van der Waals surface area (Å²) in [4.78, 5) is 98.9. The molecule has 6 aromatic rings. The van der Waals surface area contributed by atoms with Gasteiger partial charge in [0.1, 0.15) is 19.6 Å². The maximum atomic E-state index is 15.1. The molecule has 72 heavy (non-hydrogen) atoms. The van der Waals surface area contributed by atoms with Gasteiger partial charge < -0.3 is 46.6 Å². The Morgan fingerprint density at radius 3 is 0.861 bits per heavy atom. The average molecular weight is 976 g/mol.